The number of halogens is 4. The van der Waals surface area contributed by atoms with E-state index < -0.39 is 24.5 Å². The molecule has 0 bridgehead atoms. The Morgan fingerprint density at radius 1 is 1.00 bits per heavy atom. The molecule has 0 saturated heterocycles. The zero-order valence-electron chi connectivity index (χ0n) is 19.7. The lowest BCUT2D eigenvalue weighted by molar-refractivity contribution is -0.153. The summed E-state index contributed by atoms with van der Waals surface area (Å²) in [4.78, 5) is 16.9. The van der Waals surface area contributed by atoms with Crippen LogP contribution < -0.4 is 24.3 Å². The quantitative estimate of drug-likeness (QED) is 0.323. The van der Waals surface area contributed by atoms with Crippen molar-refractivity contribution in [3.63, 3.8) is 0 Å². The van der Waals surface area contributed by atoms with Gasteiger partial charge in [0.05, 0.1) is 25.9 Å². The Hall–Kier alpha value is -4.55. The number of ether oxygens (including phenoxy) is 4. The van der Waals surface area contributed by atoms with E-state index in [1.807, 2.05) is 0 Å². The molecule has 0 fully saturated rings. The number of benzene rings is 2. The van der Waals surface area contributed by atoms with Gasteiger partial charge in [-0.05, 0) is 24.3 Å². The molecule has 37 heavy (non-hydrogen) atoms. The Morgan fingerprint density at radius 2 is 1.73 bits per heavy atom. The number of rotatable bonds is 8. The van der Waals surface area contributed by atoms with Crippen molar-refractivity contribution >= 4 is 22.5 Å². The SMILES string of the molecule is COc1cc2nccc(Oc3ccc(NC(=O)c4nn(C)cc4OCC(F)(F)F)cc3F)c2cc1OC. The summed E-state index contributed by atoms with van der Waals surface area (Å²) in [6, 6.07) is 8.50. The number of amides is 1. The predicted molar refractivity (Wildman–Crippen MR) is 124 cm³/mol. The van der Waals surface area contributed by atoms with Crippen molar-refractivity contribution in [3.8, 4) is 28.7 Å². The van der Waals surface area contributed by atoms with Crippen molar-refractivity contribution in [2.75, 3.05) is 26.1 Å². The molecule has 0 aliphatic heterocycles. The van der Waals surface area contributed by atoms with Crippen LogP contribution in [0.15, 0.2) is 48.8 Å². The third-order valence-electron chi connectivity index (χ3n) is 5.02. The van der Waals surface area contributed by atoms with Crippen LogP contribution in [0.25, 0.3) is 10.9 Å². The molecule has 0 radical (unpaired) electrons. The molecule has 2 aromatic carbocycles. The third-order valence-corrected chi connectivity index (χ3v) is 5.02. The molecular formula is C24H20F4N4O5. The number of methoxy groups -OCH3 is 2. The van der Waals surface area contributed by atoms with Crippen molar-refractivity contribution < 1.29 is 41.3 Å². The first-order valence-corrected chi connectivity index (χ1v) is 10.6. The number of fused-ring (bicyclic) bond motifs is 1. The number of aryl methyl sites for hydroxylation is 1. The van der Waals surface area contributed by atoms with E-state index in [0.717, 1.165) is 16.9 Å². The second-order valence-electron chi connectivity index (χ2n) is 7.65. The maximum Gasteiger partial charge on any atom is 0.422 e. The van der Waals surface area contributed by atoms with Crippen LogP contribution in [0.4, 0.5) is 23.2 Å². The molecule has 2 aromatic heterocycles. The zero-order valence-corrected chi connectivity index (χ0v) is 19.7. The predicted octanol–water partition coefficient (Wildman–Crippen LogP) is 5.11. The van der Waals surface area contributed by atoms with Gasteiger partial charge in [0.25, 0.3) is 5.91 Å². The summed E-state index contributed by atoms with van der Waals surface area (Å²) in [5.41, 5.74) is 0.159. The van der Waals surface area contributed by atoms with Crippen LogP contribution >= 0.6 is 0 Å². The molecule has 0 spiro atoms. The fourth-order valence-corrected chi connectivity index (χ4v) is 3.40. The summed E-state index contributed by atoms with van der Waals surface area (Å²) in [6.45, 7) is -1.60. The fraction of sp³-hybridized carbons (Fsp3) is 0.208. The average Bonchev–Trinajstić information content (AvgIpc) is 3.24. The van der Waals surface area contributed by atoms with Crippen molar-refractivity contribution in [2.24, 2.45) is 7.05 Å². The molecular weight excluding hydrogens is 500 g/mol. The molecule has 1 amide bonds. The molecule has 4 rings (SSSR count). The van der Waals surface area contributed by atoms with Gasteiger partial charge in [-0.3, -0.25) is 14.5 Å². The summed E-state index contributed by atoms with van der Waals surface area (Å²) in [6.07, 6.45) is -1.98. The van der Waals surface area contributed by atoms with Gasteiger partial charge in [0.15, 0.2) is 41.1 Å². The van der Waals surface area contributed by atoms with E-state index in [1.165, 1.54) is 39.6 Å². The van der Waals surface area contributed by atoms with Crippen LogP contribution in [-0.4, -0.2) is 47.7 Å². The maximum absolute atomic E-state index is 14.9. The summed E-state index contributed by atoms with van der Waals surface area (Å²) >= 11 is 0. The van der Waals surface area contributed by atoms with Crippen LogP contribution in [0.2, 0.25) is 0 Å². The number of nitrogens with zero attached hydrogens (tertiary/aromatic N) is 3. The van der Waals surface area contributed by atoms with E-state index in [2.05, 4.69) is 20.1 Å². The van der Waals surface area contributed by atoms with Crippen LogP contribution in [0.3, 0.4) is 0 Å². The van der Waals surface area contributed by atoms with Gasteiger partial charge >= 0.3 is 6.18 Å². The number of nitrogens with one attached hydrogen (secondary N) is 1. The lowest BCUT2D eigenvalue weighted by Crippen LogP contribution is -2.21. The molecule has 0 atom stereocenters. The van der Waals surface area contributed by atoms with Crippen molar-refractivity contribution in [1.82, 2.24) is 14.8 Å². The number of carbonyl (C=O) groups is 1. The van der Waals surface area contributed by atoms with E-state index in [0.29, 0.717) is 28.2 Å². The van der Waals surface area contributed by atoms with Crippen LogP contribution in [0.1, 0.15) is 10.5 Å². The van der Waals surface area contributed by atoms with Crippen molar-refractivity contribution in [1.29, 1.82) is 0 Å². The summed E-state index contributed by atoms with van der Waals surface area (Å²) in [5, 5.41) is 6.75. The Labute approximate surface area is 207 Å². The minimum absolute atomic E-state index is 0.0215. The molecule has 4 aromatic rings. The number of alkyl halides is 3. The Bertz CT molecular complexity index is 1460. The number of anilines is 1. The number of carbonyl (C=O) groups excluding carboxylic acids is 1. The summed E-state index contributed by atoms with van der Waals surface area (Å²) in [7, 11) is 4.38. The van der Waals surface area contributed by atoms with E-state index in [4.69, 9.17) is 14.2 Å². The lowest BCUT2D eigenvalue weighted by atomic mass is 10.2. The fourth-order valence-electron chi connectivity index (χ4n) is 3.40. The van der Waals surface area contributed by atoms with Gasteiger partial charge in [0, 0.05) is 36.5 Å². The molecule has 194 valence electrons. The molecule has 9 nitrogen and oxygen atoms in total. The smallest absolute Gasteiger partial charge is 0.422 e. The highest BCUT2D eigenvalue weighted by Gasteiger charge is 2.30. The van der Waals surface area contributed by atoms with Crippen molar-refractivity contribution in [3.05, 3.63) is 60.3 Å². The highest BCUT2D eigenvalue weighted by atomic mass is 19.4. The van der Waals surface area contributed by atoms with Gasteiger partial charge in [-0.1, -0.05) is 0 Å². The van der Waals surface area contributed by atoms with E-state index in [9.17, 15) is 22.4 Å². The Balaban J connectivity index is 1.54. The Morgan fingerprint density at radius 3 is 2.41 bits per heavy atom. The first-order valence-electron chi connectivity index (χ1n) is 10.6. The molecule has 2 heterocycles. The average molecular weight is 520 g/mol. The third kappa shape index (κ3) is 5.82. The molecule has 0 aliphatic rings. The molecule has 0 unspecified atom stereocenters. The first-order chi connectivity index (χ1) is 17.6. The van der Waals surface area contributed by atoms with Gasteiger partial charge in [-0.25, -0.2) is 4.39 Å². The first kappa shape index (κ1) is 25.5. The number of pyridine rings is 1. The molecule has 0 saturated carbocycles. The lowest BCUT2D eigenvalue weighted by Gasteiger charge is -2.13. The van der Waals surface area contributed by atoms with E-state index >= 15 is 0 Å². The highest BCUT2D eigenvalue weighted by molar-refractivity contribution is 6.04. The molecule has 0 aliphatic carbocycles. The summed E-state index contributed by atoms with van der Waals surface area (Å²) < 4.78 is 74.5. The number of hydrogen-bond donors (Lipinski definition) is 1. The van der Waals surface area contributed by atoms with Gasteiger partial charge in [0.1, 0.15) is 5.75 Å². The monoisotopic (exact) mass is 520 g/mol. The van der Waals surface area contributed by atoms with Gasteiger partial charge in [-0.15, -0.1) is 0 Å². The van der Waals surface area contributed by atoms with Gasteiger partial charge in [-0.2, -0.15) is 18.3 Å². The van der Waals surface area contributed by atoms with Gasteiger partial charge in [0.2, 0.25) is 0 Å². The summed E-state index contributed by atoms with van der Waals surface area (Å²) in [5.74, 6) is -1.02. The largest absolute Gasteiger partial charge is 0.493 e. The number of aromatic nitrogens is 3. The molecule has 13 heteroatoms. The van der Waals surface area contributed by atoms with Crippen LogP contribution in [-0.2, 0) is 7.05 Å². The van der Waals surface area contributed by atoms with Crippen molar-refractivity contribution in [2.45, 2.75) is 6.18 Å². The zero-order chi connectivity index (χ0) is 26.7. The second kappa shape index (κ2) is 10.2. The maximum atomic E-state index is 14.9. The van der Waals surface area contributed by atoms with E-state index in [-0.39, 0.29) is 22.9 Å². The number of hydrogen-bond acceptors (Lipinski definition) is 7. The van der Waals surface area contributed by atoms with Crippen LogP contribution in [0.5, 0.6) is 28.7 Å². The molecule has 1 N–H and O–H groups in total. The van der Waals surface area contributed by atoms with Gasteiger partial charge < -0.3 is 24.3 Å². The minimum Gasteiger partial charge on any atom is -0.493 e. The second-order valence-corrected chi connectivity index (χ2v) is 7.65. The standard InChI is InChI=1S/C24H20F4N4O5/c1-32-11-21(36-12-24(26,27)28)22(31-32)23(33)30-13-4-5-18(15(25)8-13)37-17-6-7-29-16-10-20(35-3)19(34-2)9-14(16)17/h4-11H,12H2,1-3H3,(H,30,33). The Kier molecular flexibility index (Phi) is 7.05. The highest BCUT2D eigenvalue weighted by Crippen LogP contribution is 2.37. The van der Waals surface area contributed by atoms with E-state index in [1.54, 1.807) is 18.2 Å². The topological polar surface area (TPSA) is 96.7 Å². The minimum atomic E-state index is -4.60. The normalized spacial score (nSPS) is 11.3. The van der Waals surface area contributed by atoms with Crippen LogP contribution in [0, 0.1) is 5.82 Å².